The molecular formula is C28H28N2O4S. The van der Waals surface area contributed by atoms with Crippen LogP contribution in [0.3, 0.4) is 0 Å². The molecule has 0 bridgehead atoms. The summed E-state index contributed by atoms with van der Waals surface area (Å²) < 4.78 is 34.7. The van der Waals surface area contributed by atoms with Gasteiger partial charge in [0.15, 0.2) is 0 Å². The molecule has 1 atom stereocenters. The molecule has 0 aromatic heterocycles. The van der Waals surface area contributed by atoms with E-state index >= 15 is 0 Å². The third kappa shape index (κ3) is 5.53. The minimum Gasteiger partial charge on any atom is -0.494 e. The van der Waals surface area contributed by atoms with Crippen LogP contribution < -0.4 is 10.1 Å². The lowest BCUT2D eigenvalue weighted by atomic mass is 10.1. The van der Waals surface area contributed by atoms with Gasteiger partial charge in [0.1, 0.15) is 5.75 Å². The largest absolute Gasteiger partial charge is 0.494 e. The molecule has 0 aliphatic heterocycles. The number of anilines is 1. The first-order chi connectivity index (χ1) is 16.9. The van der Waals surface area contributed by atoms with E-state index in [1.807, 2.05) is 61.5 Å². The van der Waals surface area contributed by atoms with Crippen LogP contribution in [0.2, 0.25) is 0 Å². The van der Waals surface area contributed by atoms with Gasteiger partial charge in [-0.1, -0.05) is 66.7 Å². The number of nitrogens with one attached hydrogen (secondary N) is 1. The summed E-state index contributed by atoms with van der Waals surface area (Å²) in [6, 6.07) is 28.2. The molecular weight excluding hydrogens is 460 g/mol. The molecule has 4 rings (SSSR count). The number of hydrogen-bond acceptors (Lipinski definition) is 4. The predicted octanol–water partition coefficient (Wildman–Crippen LogP) is 5.63. The summed E-state index contributed by atoms with van der Waals surface area (Å²) in [5, 5.41) is 4.25. The van der Waals surface area contributed by atoms with Crippen molar-refractivity contribution in [2.45, 2.75) is 24.8 Å². The number of hydrogen-bond donors (Lipinski definition) is 1. The second-order valence-corrected chi connectivity index (χ2v) is 9.98. The van der Waals surface area contributed by atoms with Crippen LogP contribution in [0.25, 0.3) is 10.8 Å². The van der Waals surface area contributed by atoms with E-state index in [1.54, 1.807) is 49.4 Å². The molecule has 0 aliphatic carbocycles. The molecule has 0 saturated heterocycles. The van der Waals surface area contributed by atoms with Crippen molar-refractivity contribution in [3.63, 3.8) is 0 Å². The number of ether oxygens (including phenoxy) is 1. The summed E-state index contributed by atoms with van der Waals surface area (Å²) >= 11 is 0. The van der Waals surface area contributed by atoms with E-state index in [9.17, 15) is 13.2 Å². The van der Waals surface area contributed by atoms with Crippen molar-refractivity contribution in [3.05, 3.63) is 103 Å². The van der Waals surface area contributed by atoms with Crippen LogP contribution >= 0.6 is 0 Å². The lowest BCUT2D eigenvalue weighted by Crippen LogP contribution is -2.39. The van der Waals surface area contributed by atoms with Gasteiger partial charge in [-0.05, 0) is 55.1 Å². The lowest BCUT2D eigenvalue weighted by Gasteiger charge is -2.29. The minimum absolute atomic E-state index is 0.173. The number of carbonyl (C=O) groups excluding carboxylic acids is 1. The van der Waals surface area contributed by atoms with Gasteiger partial charge in [-0.15, -0.1) is 0 Å². The molecule has 35 heavy (non-hydrogen) atoms. The zero-order valence-corrected chi connectivity index (χ0v) is 20.5. The third-order valence-electron chi connectivity index (χ3n) is 5.80. The van der Waals surface area contributed by atoms with E-state index < -0.39 is 22.0 Å². The Morgan fingerprint density at radius 1 is 0.886 bits per heavy atom. The summed E-state index contributed by atoms with van der Waals surface area (Å²) in [7, 11) is -4.02. The van der Waals surface area contributed by atoms with Gasteiger partial charge in [0.2, 0.25) is 15.9 Å². The Labute approximate surface area is 206 Å². The summed E-state index contributed by atoms with van der Waals surface area (Å²) in [4.78, 5) is 13.2. The molecule has 1 unspecified atom stereocenters. The van der Waals surface area contributed by atoms with Crippen molar-refractivity contribution >= 4 is 32.4 Å². The molecule has 6 nitrogen and oxygen atoms in total. The first kappa shape index (κ1) is 24.4. The SMILES string of the molecule is CCOc1ccc(NC(=O)CN(C(C)c2ccccc2)S(=O)(=O)c2cccc3ccccc23)cc1. The van der Waals surface area contributed by atoms with Gasteiger partial charge in [0, 0.05) is 17.1 Å². The monoisotopic (exact) mass is 488 g/mol. The molecule has 1 N–H and O–H groups in total. The number of fused-ring (bicyclic) bond motifs is 1. The molecule has 7 heteroatoms. The molecule has 0 radical (unpaired) electrons. The summed E-state index contributed by atoms with van der Waals surface area (Å²) in [6.45, 7) is 3.90. The topological polar surface area (TPSA) is 75.7 Å². The van der Waals surface area contributed by atoms with Gasteiger partial charge in [0.25, 0.3) is 0 Å². The smallest absolute Gasteiger partial charge is 0.244 e. The fourth-order valence-electron chi connectivity index (χ4n) is 4.02. The van der Waals surface area contributed by atoms with Gasteiger partial charge in [-0.25, -0.2) is 8.42 Å². The van der Waals surface area contributed by atoms with Crippen LogP contribution in [-0.4, -0.2) is 31.8 Å². The molecule has 180 valence electrons. The maximum atomic E-state index is 14.0. The second kappa shape index (κ2) is 10.7. The fourth-order valence-corrected chi connectivity index (χ4v) is 5.81. The van der Waals surface area contributed by atoms with E-state index in [-0.39, 0.29) is 11.4 Å². The van der Waals surface area contributed by atoms with Crippen LogP contribution in [0.5, 0.6) is 5.75 Å². The molecule has 0 heterocycles. The van der Waals surface area contributed by atoms with E-state index in [4.69, 9.17) is 4.74 Å². The number of carbonyl (C=O) groups is 1. The van der Waals surface area contributed by atoms with E-state index in [2.05, 4.69) is 5.32 Å². The maximum Gasteiger partial charge on any atom is 0.244 e. The van der Waals surface area contributed by atoms with Gasteiger partial charge in [-0.3, -0.25) is 4.79 Å². The van der Waals surface area contributed by atoms with Crippen molar-refractivity contribution in [1.29, 1.82) is 0 Å². The molecule has 0 aliphatic rings. The average Bonchev–Trinajstić information content (AvgIpc) is 2.88. The minimum atomic E-state index is -4.02. The molecule has 0 fully saturated rings. The van der Waals surface area contributed by atoms with Gasteiger partial charge in [0.05, 0.1) is 18.0 Å². The Bertz CT molecular complexity index is 1400. The van der Waals surface area contributed by atoms with Crippen molar-refractivity contribution in [2.24, 2.45) is 0 Å². The van der Waals surface area contributed by atoms with Crippen LogP contribution in [0.15, 0.2) is 102 Å². The highest BCUT2D eigenvalue weighted by molar-refractivity contribution is 7.89. The standard InChI is InChI=1S/C28H28N2O4S/c1-3-34-25-18-16-24(17-19-25)29-28(31)20-30(21(2)22-10-5-4-6-11-22)35(32,33)27-15-9-13-23-12-7-8-14-26(23)27/h4-19,21H,3,20H2,1-2H3,(H,29,31). The Hall–Kier alpha value is -3.68. The zero-order chi connectivity index (χ0) is 24.8. The van der Waals surface area contributed by atoms with E-state index in [1.165, 1.54) is 4.31 Å². The summed E-state index contributed by atoms with van der Waals surface area (Å²) in [6.07, 6.45) is 0. The van der Waals surface area contributed by atoms with Crippen molar-refractivity contribution in [2.75, 3.05) is 18.5 Å². The number of amides is 1. The average molecular weight is 489 g/mol. The van der Waals surface area contributed by atoms with E-state index in [0.29, 0.717) is 23.4 Å². The molecule has 4 aromatic carbocycles. The van der Waals surface area contributed by atoms with Crippen LogP contribution in [-0.2, 0) is 14.8 Å². The number of nitrogens with zero attached hydrogens (tertiary/aromatic N) is 1. The normalized spacial score (nSPS) is 12.4. The molecule has 0 saturated carbocycles. The van der Waals surface area contributed by atoms with Gasteiger partial charge < -0.3 is 10.1 Å². The molecule has 0 spiro atoms. The molecule has 4 aromatic rings. The van der Waals surface area contributed by atoms with Crippen LogP contribution in [0.1, 0.15) is 25.5 Å². The quantitative estimate of drug-likeness (QED) is 0.331. The van der Waals surface area contributed by atoms with Gasteiger partial charge >= 0.3 is 0 Å². The van der Waals surface area contributed by atoms with Crippen molar-refractivity contribution < 1.29 is 17.9 Å². The number of rotatable bonds is 9. The number of sulfonamides is 1. The summed E-state index contributed by atoms with van der Waals surface area (Å²) in [5.74, 6) is 0.268. The third-order valence-corrected chi connectivity index (χ3v) is 7.77. The molecule has 1 amide bonds. The fraction of sp³-hybridized carbons (Fsp3) is 0.179. The Balaban J connectivity index is 1.68. The highest BCUT2D eigenvalue weighted by Gasteiger charge is 2.33. The highest BCUT2D eigenvalue weighted by atomic mass is 32.2. The Kier molecular flexibility index (Phi) is 7.48. The summed E-state index contributed by atoms with van der Waals surface area (Å²) in [5.41, 5.74) is 1.36. The van der Waals surface area contributed by atoms with Gasteiger partial charge in [-0.2, -0.15) is 4.31 Å². The second-order valence-electron chi connectivity index (χ2n) is 8.12. The van der Waals surface area contributed by atoms with Crippen LogP contribution in [0, 0.1) is 0 Å². The van der Waals surface area contributed by atoms with Crippen molar-refractivity contribution in [1.82, 2.24) is 4.31 Å². The Morgan fingerprint density at radius 2 is 1.54 bits per heavy atom. The highest BCUT2D eigenvalue weighted by Crippen LogP contribution is 2.31. The maximum absolute atomic E-state index is 14.0. The first-order valence-corrected chi connectivity index (χ1v) is 12.9. The number of benzene rings is 4. The predicted molar refractivity (Wildman–Crippen MR) is 139 cm³/mol. The zero-order valence-electron chi connectivity index (χ0n) is 19.7. The lowest BCUT2D eigenvalue weighted by molar-refractivity contribution is -0.116. The van der Waals surface area contributed by atoms with E-state index in [0.717, 1.165) is 10.9 Å². The Morgan fingerprint density at radius 3 is 2.26 bits per heavy atom. The van der Waals surface area contributed by atoms with Crippen molar-refractivity contribution in [3.8, 4) is 5.75 Å². The van der Waals surface area contributed by atoms with Crippen LogP contribution in [0.4, 0.5) is 5.69 Å². The first-order valence-electron chi connectivity index (χ1n) is 11.5.